The minimum absolute atomic E-state index is 0.0152. The van der Waals surface area contributed by atoms with Gasteiger partial charge in [0.15, 0.2) is 5.82 Å². The number of aromatic nitrogens is 5. The van der Waals surface area contributed by atoms with Crippen molar-refractivity contribution in [2.24, 2.45) is 0 Å². The lowest BCUT2D eigenvalue weighted by Gasteiger charge is -2.33. The number of alkyl halides is 3. The third kappa shape index (κ3) is 4.50. The first-order valence-electron chi connectivity index (χ1n) is 11.0. The molecule has 0 aliphatic carbocycles. The highest BCUT2D eigenvalue weighted by atomic mass is 35.5. The first kappa shape index (κ1) is 23.4. The number of piperazine rings is 1. The predicted octanol–water partition coefficient (Wildman–Crippen LogP) is 3.63. The second-order valence-electron chi connectivity index (χ2n) is 8.58. The molecule has 0 radical (unpaired) electrons. The number of nitrogens with zero attached hydrogens (tertiary/aromatic N) is 5. The third-order valence-corrected chi connectivity index (χ3v) is 6.28. The number of aromatic amines is 2. The van der Waals surface area contributed by atoms with E-state index >= 15 is 0 Å². The smallest absolute Gasteiger partial charge is 0.357 e. The number of hydrogen-bond donors (Lipinski definition) is 3. The number of H-pyrrole nitrogens is 2. The summed E-state index contributed by atoms with van der Waals surface area (Å²) in [7, 11) is 2.06. The molecule has 9 nitrogen and oxygen atoms in total. The van der Waals surface area contributed by atoms with Gasteiger partial charge in [-0.25, -0.2) is 15.0 Å². The molecular weight excluding hydrogens is 485 g/mol. The van der Waals surface area contributed by atoms with Crippen molar-refractivity contribution in [2.45, 2.75) is 19.1 Å². The average Bonchev–Trinajstić information content (AvgIpc) is 3.22. The van der Waals surface area contributed by atoms with Crippen molar-refractivity contribution >= 4 is 45.2 Å². The number of fused-ring (bicyclic) bond motifs is 2. The van der Waals surface area contributed by atoms with Gasteiger partial charge in [-0.15, -0.1) is 0 Å². The van der Waals surface area contributed by atoms with E-state index in [2.05, 4.69) is 47.1 Å². The van der Waals surface area contributed by atoms with E-state index in [-0.39, 0.29) is 27.9 Å². The molecule has 4 aromatic rings. The van der Waals surface area contributed by atoms with Crippen LogP contribution in [0.15, 0.2) is 29.2 Å². The number of halogens is 4. The molecule has 0 saturated carbocycles. The number of likely N-dealkylation sites (N-methyl/N-ethyl adjacent to an activating group) is 1. The van der Waals surface area contributed by atoms with Crippen molar-refractivity contribution < 1.29 is 13.2 Å². The van der Waals surface area contributed by atoms with Gasteiger partial charge >= 0.3 is 6.18 Å². The van der Waals surface area contributed by atoms with E-state index in [0.29, 0.717) is 11.0 Å². The van der Waals surface area contributed by atoms with Crippen LogP contribution in [-0.4, -0.2) is 75.3 Å². The molecule has 184 valence electrons. The van der Waals surface area contributed by atoms with Crippen molar-refractivity contribution in [2.75, 3.05) is 43.4 Å². The predicted molar refractivity (Wildman–Crippen MR) is 129 cm³/mol. The molecule has 0 amide bonds. The summed E-state index contributed by atoms with van der Waals surface area (Å²) in [5.74, 6) is 0.801. The Morgan fingerprint density at radius 3 is 2.57 bits per heavy atom. The minimum atomic E-state index is -4.49. The molecule has 0 unspecified atom stereocenters. The maximum absolute atomic E-state index is 13.1. The fourth-order valence-corrected chi connectivity index (χ4v) is 4.25. The SMILES string of the molecule is C[C@@H](Nc1nc(Cl)cc2[nH]c(-c3cc4c(N5CCN(C)CC5)nccc4[nH]c3=O)nc12)C(F)(F)F. The molecule has 0 aromatic carbocycles. The molecule has 1 aliphatic rings. The van der Waals surface area contributed by atoms with Gasteiger partial charge in [0.1, 0.15) is 28.4 Å². The van der Waals surface area contributed by atoms with E-state index in [0.717, 1.165) is 44.3 Å². The zero-order valence-electron chi connectivity index (χ0n) is 18.9. The van der Waals surface area contributed by atoms with Crippen LogP contribution >= 0.6 is 11.6 Å². The van der Waals surface area contributed by atoms with Crippen LogP contribution in [0.2, 0.25) is 5.15 Å². The quantitative estimate of drug-likeness (QED) is 0.363. The molecule has 1 atom stereocenters. The van der Waals surface area contributed by atoms with E-state index in [9.17, 15) is 18.0 Å². The van der Waals surface area contributed by atoms with Crippen molar-refractivity contribution in [3.05, 3.63) is 39.9 Å². The van der Waals surface area contributed by atoms with E-state index in [1.165, 1.54) is 6.07 Å². The van der Waals surface area contributed by atoms with Gasteiger partial charge in [0.25, 0.3) is 5.56 Å². The van der Waals surface area contributed by atoms with Crippen molar-refractivity contribution in [1.82, 2.24) is 29.8 Å². The maximum atomic E-state index is 13.1. The largest absolute Gasteiger partial charge is 0.408 e. The van der Waals surface area contributed by atoms with Crippen LogP contribution in [0, 0.1) is 0 Å². The van der Waals surface area contributed by atoms with Gasteiger partial charge < -0.3 is 25.1 Å². The average molecular weight is 507 g/mol. The molecule has 1 fully saturated rings. The molecule has 5 heterocycles. The standard InChI is InChI=1S/C22H22ClF3N8O/c1-11(22(24,25)26)28-19-17-15(10-16(23)31-19)29-18(32-17)13-9-12-14(30-21(13)35)3-4-27-20(12)34-7-5-33(2)6-8-34/h3-4,9-11H,5-8H2,1-2H3,(H,28,31)(H,29,32)(H,30,35)/t11-/m1/s1. The molecule has 1 saturated heterocycles. The Hall–Kier alpha value is -3.38. The summed E-state index contributed by atoms with van der Waals surface area (Å²) < 4.78 is 39.3. The first-order chi connectivity index (χ1) is 16.6. The highest BCUT2D eigenvalue weighted by Crippen LogP contribution is 2.31. The van der Waals surface area contributed by atoms with Gasteiger partial charge in [-0.1, -0.05) is 11.6 Å². The zero-order chi connectivity index (χ0) is 24.9. The number of nitrogens with one attached hydrogen (secondary N) is 3. The summed E-state index contributed by atoms with van der Waals surface area (Å²) in [6.45, 7) is 4.33. The second-order valence-corrected chi connectivity index (χ2v) is 8.97. The van der Waals surface area contributed by atoms with E-state index in [1.807, 2.05) is 0 Å². The molecule has 1 aliphatic heterocycles. The Kier molecular flexibility index (Phi) is 5.80. The summed E-state index contributed by atoms with van der Waals surface area (Å²) in [5.41, 5.74) is 0.949. The number of hydrogen-bond acceptors (Lipinski definition) is 7. The van der Waals surface area contributed by atoms with Crippen molar-refractivity contribution in [3.8, 4) is 11.4 Å². The number of rotatable bonds is 4. The summed E-state index contributed by atoms with van der Waals surface area (Å²) in [6, 6.07) is 3.00. The molecule has 35 heavy (non-hydrogen) atoms. The van der Waals surface area contributed by atoms with Crippen LogP contribution in [0.5, 0.6) is 0 Å². The van der Waals surface area contributed by atoms with Crippen molar-refractivity contribution in [3.63, 3.8) is 0 Å². The lowest BCUT2D eigenvalue weighted by molar-refractivity contribution is -0.138. The number of imidazole rings is 1. The fraction of sp³-hybridized carbons (Fsp3) is 0.364. The summed E-state index contributed by atoms with van der Waals surface area (Å²) >= 11 is 6.04. The molecule has 5 rings (SSSR count). The van der Waals surface area contributed by atoms with E-state index < -0.39 is 17.8 Å². The van der Waals surface area contributed by atoms with E-state index in [4.69, 9.17) is 11.6 Å². The van der Waals surface area contributed by atoms with Crippen LogP contribution < -0.4 is 15.8 Å². The fourth-order valence-electron chi connectivity index (χ4n) is 4.06. The molecule has 4 aromatic heterocycles. The molecule has 13 heteroatoms. The van der Waals surface area contributed by atoms with Crippen molar-refractivity contribution in [1.29, 1.82) is 0 Å². The molecule has 0 bridgehead atoms. The normalized spacial score (nSPS) is 16.2. The Bertz CT molecular complexity index is 1460. The van der Waals surface area contributed by atoms with Gasteiger partial charge in [0.05, 0.1) is 16.6 Å². The summed E-state index contributed by atoms with van der Waals surface area (Å²) in [5, 5.41) is 3.05. The van der Waals surface area contributed by atoms with Crippen LogP contribution in [-0.2, 0) is 0 Å². The third-order valence-electron chi connectivity index (χ3n) is 6.09. The maximum Gasteiger partial charge on any atom is 0.408 e. The zero-order valence-corrected chi connectivity index (χ0v) is 19.6. The minimum Gasteiger partial charge on any atom is -0.357 e. The molecule has 3 N–H and O–H groups in total. The van der Waals surface area contributed by atoms with Crippen LogP contribution in [0.1, 0.15) is 6.92 Å². The molecule has 0 spiro atoms. The van der Waals surface area contributed by atoms with Gasteiger partial charge in [-0.2, -0.15) is 13.2 Å². The number of pyridine rings is 3. The first-order valence-corrected chi connectivity index (χ1v) is 11.3. The highest BCUT2D eigenvalue weighted by Gasteiger charge is 2.36. The topological polar surface area (TPSA) is 106 Å². The lowest BCUT2D eigenvalue weighted by Crippen LogP contribution is -2.44. The van der Waals surface area contributed by atoms with Crippen LogP contribution in [0.25, 0.3) is 33.3 Å². The molecular formula is C22H22ClF3N8O. The Morgan fingerprint density at radius 1 is 1.11 bits per heavy atom. The lowest BCUT2D eigenvalue weighted by atomic mass is 10.1. The van der Waals surface area contributed by atoms with Crippen LogP contribution in [0.4, 0.5) is 24.8 Å². The highest BCUT2D eigenvalue weighted by molar-refractivity contribution is 6.30. The van der Waals surface area contributed by atoms with Gasteiger partial charge in [0, 0.05) is 43.8 Å². The van der Waals surface area contributed by atoms with Gasteiger partial charge in [-0.3, -0.25) is 4.79 Å². The van der Waals surface area contributed by atoms with E-state index in [1.54, 1.807) is 18.3 Å². The Labute approximate surface area is 202 Å². The Balaban J connectivity index is 1.60. The summed E-state index contributed by atoms with van der Waals surface area (Å²) in [4.78, 5) is 36.1. The summed E-state index contributed by atoms with van der Waals surface area (Å²) in [6.07, 6.45) is -2.84. The Morgan fingerprint density at radius 2 is 1.86 bits per heavy atom. The monoisotopic (exact) mass is 506 g/mol. The van der Waals surface area contributed by atoms with Crippen LogP contribution in [0.3, 0.4) is 0 Å². The van der Waals surface area contributed by atoms with Gasteiger partial charge in [-0.05, 0) is 26.1 Å². The number of anilines is 2. The second kappa shape index (κ2) is 8.68. The van der Waals surface area contributed by atoms with Gasteiger partial charge in [0.2, 0.25) is 0 Å².